The lowest BCUT2D eigenvalue weighted by Crippen LogP contribution is -2.55. The largest absolute Gasteiger partial charge is 0.462 e. The number of nitrogens with zero attached hydrogens (tertiary/aromatic N) is 7. The number of hydrogen-bond donors (Lipinski definition) is 0. The molecule has 236 valence electrons. The molecule has 0 radical (unpaired) electrons. The third-order valence-corrected chi connectivity index (χ3v) is 9.47. The Balaban J connectivity index is 1.15. The van der Waals surface area contributed by atoms with Crippen molar-refractivity contribution in [3.63, 3.8) is 0 Å². The number of ether oxygens (including phenoxy) is 2. The molecule has 4 heterocycles. The fraction of sp³-hybridized carbons (Fsp3) is 0.389. The summed E-state index contributed by atoms with van der Waals surface area (Å²) in [6.45, 7) is 4.57. The molecule has 2 fully saturated rings. The summed E-state index contributed by atoms with van der Waals surface area (Å²) in [5.41, 5.74) is 4.10. The van der Waals surface area contributed by atoms with Gasteiger partial charge in [-0.1, -0.05) is 66.7 Å². The first-order valence-electron chi connectivity index (χ1n) is 16.1. The van der Waals surface area contributed by atoms with Gasteiger partial charge in [0.25, 0.3) is 0 Å². The number of likely N-dealkylation sites (tertiary alicyclic amines) is 1. The summed E-state index contributed by atoms with van der Waals surface area (Å²) in [6.07, 6.45) is 2.06. The van der Waals surface area contributed by atoms with E-state index < -0.39 is 6.09 Å². The monoisotopic (exact) mass is 617 g/mol. The molecule has 3 aliphatic heterocycles. The van der Waals surface area contributed by atoms with Crippen molar-refractivity contribution < 1.29 is 14.3 Å². The maximum absolute atomic E-state index is 13.2. The zero-order valence-electron chi connectivity index (χ0n) is 26.2. The number of nitriles is 1. The quantitative estimate of drug-likeness (QED) is 0.259. The van der Waals surface area contributed by atoms with Gasteiger partial charge in [0.2, 0.25) is 0 Å². The molecule has 0 N–H and O–H groups in total. The Morgan fingerprint density at radius 3 is 2.59 bits per heavy atom. The lowest BCUT2D eigenvalue weighted by atomic mass is 10.1. The van der Waals surface area contributed by atoms with E-state index >= 15 is 0 Å². The summed E-state index contributed by atoms with van der Waals surface area (Å²) < 4.78 is 12.0. The van der Waals surface area contributed by atoms with Crippen molar-refractivity contribution in [1.82, 2.24) is 19.8 Å². The van der Waals surface area contributed by atoms with Crippen LogP contribution in [0.25, 0.3) is 10.8 Å². The van der Waals surface area contributed by atoms with Crippen LogP contribution in [-0.4, -0.2) is 77.8 Å². The van der Waals surface area contributed by atoms with Crippen molar-refractivity contribution in [2.75, 3.05) is 49.6 Å². The fourth-order valence-electron chi connectivity index (χ4n) is 6.93. The number of amides is 1. The number of rotatable bonds is 8. The smallest absolute Gasteiger partial charge is 0.410 e. The molecule has 3 aliphatic rings. The van der Waals surface area contributed by atoms with Crippen molar-refractivity contribution in [3.05, 3.63) is 89.6 Å². The molecule has 2 atom stereocenters. The Labute approximate surface area is 269 Å². The van der Waals surface area contributed by atoms with Gasteiger partial charge in [-0.3, -0.25) is 0 Å². The average Bonchev–Trinajstić information content (AvgIpc) is 3.71. The first kappa shape index (κ1) is 29.8. The van der Waals surface area contributed by atoms with Crippen LogP contribution in [0.3, 0.4) is 0 Å². The summed E-state index contributed by atoms with van der Waals surface area (Å²) in [5.74, 6) is 0.822. The second-order valence-corrected chi connectivity index (χ2v) is 12.4. The molecule has 4 aromatic rings. The molecule has 0 saturated carbocycles. The molecule has 3 aromatic carbocycles. The zero-order valence-corrected chi connectivity index (χ0v) is 26.2. The minimum atomic E-state index is -0.400. The molecule has 0 aliphatic carbocycles. The Hall–Kier alpha value is -4.88. The molecule has 10 nitrogen and oxygen atoms in total. The number of piperazine rings is 1. The van der Waals surface area contributed by atoms with Crippen molar-refractivity contribution in [1.29, 1.82) is 5.26 Å². The summed E-state index contributed by atoms with van der Waals surface area (Å²) in [7, 11) is 2.14. The number of carbonyl (C=O) groups excluding carboxylic acids is 1. The maximum atomic E-state index is 13.2. The average molecular weight is 618 g/mol. The van der Waals surface area contributed by atoms with Crippen LogP contribution >= 0.6 is 0 Å². The SMILES string of the molecule is CN1CCC[C@H]1COc1nc2c(c(N3CCN(C(=O)OCc4ccccc4)[C@@H](CC#N)C3)n1)CN(c1cccc3ccccc13)C2. The number of anilines is 2. The predicted molar refractivity (Wildman–Crippen MR) is 177 cm³/mol. The van der Waals surface area contributed by atoms with E-state index in [9.17, 15) is 10.1 Å². The van der Waals surface area contributed by atoms with Gasteiger partial charge in [0.05, 0.1) is 30.8 Å². The number of benzene rings is 3. The van der Waals surface area contributed by atoms with Crippen molar-refractivity contribution >= 4 is 28.4 Å². The fourth-order valence-corrected chi connectivity index (χ4v) is 6.93. The van der Waals surface area contributed by atoms with Crippen LogP contribution in [0.1, 0.15) is 36.1 Å². The van der Waals surface area contributed by atoms with E-state index in [2.05, 4.69) is 70.3 Å². The van der Waals surface area contributed by atoms with Crippen LogP contribution in [0.15, 0.2) is 72.8 Å². The highest BCUT2D eigenvalue weighted by Gasteiger charge is 2.36. The summed E-state index contributed by atoms with van der Waals surface area (Å²) in [5, 5.41) is 12.1. The summed E-state index contributed by atoms with van der Waals surface area (Å²) >= 11 is 0. The Morgan fingerprint density at radius 1 is 0.935 bits per heavy atom. The molecular weight excluding hydrogens is 578 g/mol. The van der Waals surface area contributed by atoms with Gasteiger partial charge in [-0.2, -0.15) is 15.2 Å². The van der Waals surface area contributed by atoms with Crippen molar-refractivity contribution in [2.24, 2.45) is 0 Å². The molecule has 1 aromatic heterocycles. The Kier molecular flexibility index (Phi) is 8.57. The van der Waals surface area contributed by atoms with Gasteiger partial charge in [0.1, 0.15) is 19.0 Å². The number of fused-ring (bicyclic) bond motifs is 2. The lowest BCUT2D eigenvalue weighted by Gasteiger charge is -2.41. The van der Waals surface area contributed by atoms with E-state index in [1.807, 2.05) is 30.3 Å². The van der Waals surface area contributed by atoms with Crippen molar-refractivity contribution in [3.8, 4) is 12.1 Å². The van der Waals surface area contributed by atoms with E-state index in [-0.39, 0.29) is 19.1 Å². The van der Waals surface area contributed by atoms with Gasteiger partial charge >= 0.3 is 12.1 Å². The van der Waals surface area contributed by atoms with Crippen LogP contribution in [-0.2, 0) is 24.4 Å². The van der Waals surface area contributed by atoms with Crippen LogP contribution in [0.2, 0.25) is 0 Å². The molecule has 2 saturated heterocycles. The van der Waals surface area contributed by atoms with Gasteiger partial charge in [-0.15, -0.1) is 0 Å². The van der Waals surface area contributed by atoms with E-state index in [1.54, 1.807) is 4.90 Å². The van der Waals surface area contributed by atoms with E-state index in [4.69, 9.17) is 19.4 Å². The Bertz CT molecular complexity index is 1740. The molecule has 1 amide bonds. The predicted octanol–water partition coefficient (Wildman–Crippen LogP) is 5.36. The molecule has 0 unspecified atom stereocenters. The van der Waals surface area contributed by atoms with E-state index in [0.717, 1.165) is 41.3 Å². The molecule has 7 rings (SSSR count). The first-order valence-corrected chi connectivity index (χ1v) is 16.1. The maximum Gasteiger partial charge on any atom is 0.410 e. The normalized spacial score (nSPS) is 19.7. The van der Waals surface area contributed by atoms with E-state index in [0.29, 0.717) is 51.4 Å². The lowest BCUT2D eigenvalue weighted by molar-refractivity contribution is 0.0767. The number of likely N-dealkylation sites (N-methyl/N-ethyl adjacent to an activating group) is 1. The highest BCUT2D eigenvalue weighted by molar-refractivity contribution is 5.94. The van der Waals surface area contributed by atoms with Crippen LogP contribution < -0.4 is 14.5 Å². The molecule has 10 heteroatoms. The van der Waals surface area contributed by atoms with Crippen LogP contribution in [0.5, 0.6) is 6.01 Å². The highest BCUT2D eigenvalue weighted by Crippen LogP contribution is 2.37. The molecule has 0 bridgehead atoms. The molecule has 46 heavy (non-hydrogen) atoms. The third-order valence-electron chi connectivity index (χ3n) is 9.47. The van der Waals surface area contributed by atoms with E-state index in [1.165, 1.54) is 17.2 Å². The zero-order chi connectivity index (χ0) is 31.5. The summed E-state index contributed by atoms with van der Waals surface area (Å²) in [4.78, 5) is 31.7. The van der Waals surface area contributed by atoms with Gasteiger partial charge in [0.15, 0.2) is 0 Å². The number of aromatic nitrogens is 2. The van der Waals surface area contributed by atoms with Crippen molar-refractivity contribution in [2.45, 2.75) is 51.0 Å². The molecular formula is C36H39N7O3. The number of hydrogen-bond acceptors (Lipinski definition) is 9. The summed E-state index contributed by atoms with van der Waals surface area (Å²) in [6, 6.07) is 27.2. The third kappa shape index (κ3) is 6.15. The highest BCUT2D eigenvalue weighted by atomic mass is 16.6. The minimum Gasteiger partial charge on any atom is -0.462 e. The molecule has 0 spiro atoms. The first-order chi connectivity index (χ1) is 22.6. The van der Waals surface area contributed by atoms with Crippen LogP contribution in [0, 0.1) is 11.3 Å². The minimum absolute atomic E-state index is 0.194. The second-order valence-electron chi connectivity index (χ2n) is 12.4. The Morgan fingerprint density at radius 2 is 1.76 bits per heavy atom. The number of carbonyl (C=O) groups is 1. The van der Waals surface area contributed by atoms with Crippen LogP contribution in [0.4, 0.5) is 16.3 Å². The van der Waals surface area contributed by atoms with Gasteiger partial charge in [-0.25, -0.2) is 4.79 Å². The van der Waals surface area contributed by atoms with Gasteiger partial charge in [-0.05, 0) is 43.5 Å². The topological polar surface area (TPSA) is 98.1 Å². The standard InChI is InChI=1S/C36H39N7O3/c1-40-18-8-13-29(40)25-45-35-38-32-23-42(33-15-7-12-27-11-5-6-14-30(27)33)22-31(32)34(39-35)41-19-20-43(28(21-41)16-17-37)36(44)46-24-26-9-3-2-4-10-26/h2-7,9-12,14-15,28-29H,8,13,16,18-25H2,1H3/t28-,29-/m0/s1. The van der Waals surface area contributed by atoms with Gasteiger partial charge in [0, 0.05) is 48.9 Å². The second kappa shape index (κ2) is 13.2. The van der Waals surface area contributed by atoms with Gasteiger partial charge < -0.3 is 29.1 Å².